The molecule has 2 atom stereocenters. The molecule has 2 heteroatoms. The first-order valence-electron chi connectivity index (χ1n) is 5.65. The molecular weight excluding hydrogens is 196 g/mol. The lowest BCUT2D eigenvalue weighted by atomic mass is 9.84. The second-order valence-electron chi connectivity index (χ2n) is 4.43. The predicted octanol–water partition coefficient (Wildman–Crippen LogP) is 3.12. The van der Waals surface area contributed by atoms with Crippen LogP contribution in [0.15, 0.2) is 54.6 Å². The van der Waals surface area contributed by atoms with Crippen molar-refractivity contribution in [2.45, 2.75) is 19.4 Å². The molecule has 1 aromatic rings. The lowest BCUT2D eigenvalue weighted by Gasteiger charge is -2.34. The van der Waals surface area contributed by atoms with Crippen molar-refractivity contribution in [3.63, 3.8) is 0 Å². The van der Waals surface area contributed by atoms with Crippen molar-refractivity contribution >= 4 is 5.69 Å². The molecular formula is C14H18N2. The summed E-state index contributed by atoms with van der Waals surface area (Å²) in [5.41, 5.74) is 7.67. The molecule has 0 saturated carbocycles. The van der Waals surface area contributed by atoms with Crippen LogP contribution < -0.4 is 10.9 Å². The van der Waals surface area contributed by atoms with E-state index in [9.17, 15) is 0 Å². The highest BCUT2D eigenvalue weighted by Crippen LogP contribution is 2.23. The summed E-state index contributed by atoms with van der Waals surface area (Å²) in [6.45, 7) is 4.40. The second-order valence-corrected chi connectivity index (χ2v) is 4.43. The van der Waals surface area contributed by atoms with Crippen molar-refractivity contribution in [3.8, 4) is 0 Å². The Morgan fingerprint density at radius 1 is 1.12 bits per heavy atom. The van der Waals surface area contributed by atoms with E-state index in [1.165, 1.54) is 0 Å². The summed E-state index contributed by atoms with van der Waals surface area (Å²) >= 11 is 0. The lowest BCUT2D eigenvalue weighted by Crippen LogP contribution is -2.49. The van der Waals surface area contributed by atoms with Crippen LogP contribution in [0, 0.1) is 5.92 Å². The zero-order chi connectivity index (χ0) is 11.4. The molecule has 2 rings (SSSR count). The summed E-state index contributed by atoms with van der Waals surface area (Å²) in [6, 6.07) is 10.1. The molecule has 0 radical (unpaired) electrons. The molecule has 2 nitrogen and oxygen atoms in total. The highest BCUT2D eigenvalue weighted by molar-refractivity contribution is 5.42. The molecule has 0 amide bonds. The minimum Gasteiger partial charge on any atom is -0.321 e. The molecule has 0 saturated heterocycles. The molecule has 0 aliphatic heterocycles. The van der Waals surface area contributed by atoms with Gasteiger partial charge in [0.1, 0.15) is 0 Å². The zero-order valence-corrected chi connectivity index (χ0v) is 9.77. The van der Waals surface area contributed by atoms with Crippen LogP contribution >= 0.6 is 0 Å². The van der Waals surface area contributed by atoms with E-state index >= 15 is 0 Å². The Hall–Kier alpha value is -1.54. The molecule has 1 aliphatic carbocycles. The second kappa shape index (κ2) is 4.54. The van der Waals surface area contributed by atoms with Crippen LogP contribution in [0.5, 0.6) is 0 Å². The molecule has 1 aliphatic rings. The van der Waals surface area contributed by atoms with Crippen molar-refractivity contribution in [2.24, 2.45) is 5.92 Å². The average molecular weight is 214 g/mol. The molecule has 16 heavy (non-hydrogen) atoms. The highest BCUT2D eigenvalue weighted by atomic mass is 15.4. The van der Waals surface area contributed by atoms with Gasteiger partial charge in [0.05, 0.1) is 5.54 Å². The van der Waals surface area contributed by atoms with Crippen LogP contribution in [0.2, 0.25) is 0 Å². The van der Waals surface area contributed by atoms with Gasteiger partial charge in [0.15, 0.2) is 0 Å². The SMILES string of the molecule is CC1C=CC=CC1(C)NNc1ccccc1. The fraction of sp³-hybridized carbons (Fsp3) is 0.286. The minimum atomic E-state index is -0.0371. The third-order valence-corrected chi connectivity index (χ3v) is 3.15. The van der Waals surface area contributed by atoms with Gasteiger partial charge in [-0.15, -0.1) is 0 Å². The van der Waals surface area contributed by atoms with E-state index in [-0.39, 0.29) is 5.54 Å². The number of benzene rings is 1. The van der Waals surface area contributed by atoms with E-state index in [1.54, 1.807) is 0 Å². The number of hydrogen-bond donors (Lipinski definition) is 2. The van der Waals surface area contributed by atoms with Gasteiger partial charge in [-0.3, -0.25) is 0 Å². The molecule has 0 bridgehead atoms. The van der Waals surface area contributed by atoms with Crippen LogP contribution in [-0.2, 0) is 0 Å². The highest BCUT2D eigenvalue weighted by Gasteiger charge is 2.27. The Kier molecular flexibility index (Phi) is 3.11. The summed E-state index contributed by atoms with van der Waals surface area (Å²) in [5, 5.41) is 0. The van der Waals surface area contributed by atoms with Gasteiger partial charge >= 0.3 is 0 Å². The summed E-state index contributed by atoms with van der Waals surface area (Å²) < 4.78 is 0. The fourth-order valence-electron chi connectivity index (χ4n) is 1.72. The normalized spacial score (nSPS) is 28.0. The average Bonchev–Trinajstić information content (AvgIpc) is 2.32. The van der Waals surface area contributed by atoms with Crippen LogP contribution in [0.4, 0.5) is 5.69 Å². The van der Waals surface area contributed by atoms with Gasteiger partial charge in [-0.25, -0.2) is 5.43 Å². The Bertz CT molecular complexity index is 394. The Morgan fingerprint density at radius 2 is 1.88 bits per heavy atom. The van der Waals surface area contributed by atoms with Gasteiger partial charge in [0, 0.05) is 5.69 Å². The van der Waals surface area contributed by atoms with Gasteiger partial charge < -0.3 is 5.43 Å². The van der Waals surface area contributed by atoms with Crippen molar-refractivity contribution in [2.75, 3.05) is 5.43 Å². The van der Waals surface area contributed by atoms with E-state index < -0.39 is 0 Å². The zero-order valence-electron chi connectivity index (χ0n) is 9.77. The number of anilines is 1. The van der Waals surface area contributed by atoms with E-state index in [0.29, 0.717) is 5.92 Å². The number of para-hydroxylation sites is 1. The van der Waals surface area contributed by atoms with Crippen LogP contribution in [-0.4, -0.2) is 5.54 Å². The van der Waals surface area contributed by atoms with Gasteiger partial charge in [-0.05, 0) is 25.0 Å². The smallest absolute Gasteiger partial charge is 0.0585 e. The minimum absolute atomic E-state index is 0.0371. The van der Waals surface area contributed by atoms with Crippen LogP contribution in [0.25, 0.3) is 0 Å². The van der Waals surface area contributed by atoms with E-state index in [1.807, 2.05) is 30.3 Å². The first kappa shape index (κ1) is 11.0. The monoisotopic (exact) mass is 214 g/mol. The lowest BCUT2D eigenvalue weighted by molar-refractivity contribution is 0.378. The molecule has 2 N–H and O–H groups in total. The molecule has 2 unspecified atom stereocenters. The van der Waals surface area contributed by atoms with Gasteiger partial charge in [0.2, 0.25) is 0 Å². The topological polar surface area (TPSA) is 24.1 Å². The summed E-state index contributed by atoms with van der Waals surface area (Å²) in [5.74, 6) is 0.466. The van der Waals surface area contributed by atoms with Gasteiger partial charge in [-0.1, -0.05) is 49.4 Å². The maximum atomic E-state index is 3.38. The fourth-order valence-corrected chi connectivity index (χ4v) is 1.72. The van der Waals surface area contributed by atoms with Crippen molar-refractivity contribution < 1.29 is 0 Å². The molecule has 1 aromatic carbocycles. The molecule has 84 valence electrons. The quantitative estimate of drug-likeness (QED) is 0.755. The predicted molar refractivity (Wildman–Crippen MR) is 69.0 cm³/mol. The molecule has 0 spiro atoms. The third-order valence-electron chi connectivity index (χ3n) is 3.15. The Morgan fingerprint density at radius 3 is 2.56 bits per heavy atom. The first-order valence-corrected chi connectivity index (χ1v) is 5.65. The van der Waals surface area contributed by atoms with E-state index in [2.05, 4.69) is 49.0 Å². The molecule has 0 heterocycles. The molecule has 0 aromatic heterocycles. The van der Waals surface area contributed by atoms with Gasteiger partial charge in [0.25, 0.3) is 0 Å². The number of nitrogens with one attached hydrogen (secondary N) is 2. The van der Waals surface area contributed by atoms with Crippen molar-refractivity contribution in [3.05, 3.63) is 54.6 Å². The summed E-state index contributed by atoms with van der Waals surface area (Å²) in [4.78, 5) is 0. The number of hydrogen-bond acceptors (Lipinski definition) is 2. The van der Waals surface area contributed by atoms with Crippen molar-refractivity contribution in [1.29, 1.82) is 0 Å². The van der Waals surface area contributed by atoms with Crippen LogP contribution in [0.1, 0.15) is 13.8 Å². The van der Waals surface area contributed by atoms with Crippen LogP contribution in [0.3, 0.4) is 0 Å². The summed E-state index contributed by atoms with van der Waals surface area (Å²) in [7, 11) is 0. The van der Waals surface area contributed by atoms with E-state index in [0.717, 1.165) is 5.69 Å². The number of allylic oxidation sites excluding steroid dienone is 2. The standard InChI is InChI=1S/C14H18N2/c1-12-8-6-7-11-14(12,2)16-15-13-9-4-3-5-10-13/h3-12,15-16H,1-2H3. The Balaban J connectivity index is 2.00. The Labute approximate surface area is 97.0 Å². The molecule has 0 fully saturated rings. The maximum Gasteiger partial charge on any atom is 0.0585 e. The largest absolute Gasteiger partial charge is 0.321 e. The van der Waals surface area contributed by atoms with E-state index in [4.69, 9.17) is 0 Å². The summed E-state index contributed by atoms with van der Waals surface area (Å²) in [6.07, 6.45) is 8.57. The number of rotatable bonds is 3. The maximum absolute atomic E-state index is 3.38. The van der Waals surface area contributed by atoms with Crippen molar-refractivity contribution in [1.82, 2.24) is 5.43 Å². The number of hydrazine groups is 1. The first-order chi connectivity index (χ1) is 7.71. The third kappa shape index (κ3) is 2.34. The van der Waals surface area contributed by atoms with Gasteiger partial charge in [-0.2, -0.15) is 0 Å².